The predicted octanol–water partition coefficient (Wildman–Crippen LogP) is 3.23. The van der Waals surface area contributed by atoms with E-state index in [-0.39, 0.29) is 18.1 Å². The third kappa shape index (κ3) is 4.27. The van der Waals surface area contributed by atoms with Gasteiger partial charge in [-0.15, -0.1) is 0 Å². The van der Waals surface area contributed by atoms with Crippen molar-refractivity contribution in [3.63, 3.8) is 0 Å². The highest BCUT2D eigenvalue weighted by molar-refractivity contribution is 5.95. The zero-order valence-electron chi connectivity index (χ0n) is 15.4. The summed E-state index contributed by atoms with van der Waals surface area (Å²) in [6.07, 6.45) is 6.91. The Morgan fingerprint density at radius 3 is 2.68 bits per heavy atom. The van der Waals surface area contributed by atoms with Crippen molar-refractivity contribution in [3.8, 4) is 11.5 Å². The normalized spacial score (nSPS) is 20.6. The third-order valence-corrected chi connectivity index (χ3v) is 5.21. The Morgan fingerprint density at radius 1 is 1.24 bits per heavy atom. The van der Waals surface area contributed by atoms with Crippen LogP contribution in [0.2, 0.25) is 0 Å². The van der Waals surface area contributed by atoms with Crippen LogP contribution in [0.4, 0.5) is 0 Å². The number of methoxy groups -OCH3 is 1. The molecule has 1 amide bonds. The van der Waals surface area contributed by atoms with Gasteiger partial charge in [-0.05, 0) is 63.3 Å². The van der Waals surface area contributed by atoms with E-state index in [9.17, 15) is 4.79 Å². The van der Waals surface area contributed by atoms with Crippen molar-refractivity contribution < 1.29 is 14.3 Å². The molecule has 1 heterocycles. The standard InChI is InChI=1S/C20H30N2O3/c1-3-12-22(16-10-11-21-14-16)20(23)15-8-9-18(19(13-15)24-2)25-17-6-4-5-7-17/h8-9,13,16-17,21H,3-7,10-12,14H2,1-2H3. The number of amides is 1. The average molecular weight is 346 g/mol. The molecule has 5 nitrogen and oxygen atoms in total. The number of rotatable bonds is 7. The van der Waals surface area contributed by atoms with Gasteiger partial charge in [0.2, 0.25) is 0 Å². The van der Waals surface area contributed by atoms with Crippen molar-refractivity contribution in [2.24, 2.45) is 0 Å². The highest BCUT2D eigenvalue weighted by atomic mass is 16.5. The van der Waals surface area contributed by atoms with Gasteiger partial charge in [-0.25, -0.2) is 0 Å². The van der Waals surface area contributed by atoms with Crippen molar-refractivity contribution in [1.29, 1.82) is 0 Å². The molecular weight excluding hydrogens is 316 g/mol. The Kier molecular flexibility index (Phi) is 6.19. The van der Waals surface area contributed by atoms with Gasteiger partial charge in [-0.3, -0.25) is 4.79 Å². The van der Waals surface area contributed by atoms with Crippen LogP contribution < -0.4 is 14.8 Å². The van der Waals surface area contributed by atoms with E-state index in [4.69, 9.17) is 9.47 Å². The molecule has 1 saturated carbocycles. The van der Waals surface area contributed by atoms with E-state index in [1.807, 2.05) is 23.1 Å². The summed E-state index contributed by atoms with van der Waals surface area (Å²) in [6.45, 7) is 4.76. The second-order valence-corrected chi connectivity index (χ2v) is 7.04. The van der Waals surface area contributed by atoms with E-state index in [0.717, 1.165) is 51.1 Å². The Bertz CT molecular complexity index is 578. The summed E-state index contributed by atoms with van der Waals surface area (Å²) in [7, 11) is 1.63. The quantitative estimate of drug-likeness (QED) is 0.823. The first-order valence-electron chi connectivity index (χ1n) is 9.59. The fraction of sp³-hybridized carbons (Fsp3) is 0.650. The maximum absolute atomic E-state index is 13.0. The molecule has 1 aliphatic carbocycles. The first-order valence-corrected chi connectivity index (χ1v) is 9.59. The van der Waals surface area contributed by atoms with Crippen LogP contribution in [0.5, 0.6) is 11.5 Å². The molecule has 1 saturated heterocycles. The van der Waals surface area contributed by atoms with Crippen molar-refractivity contribution in [3.05, 3.63) is 23.8 Å². The second-order valence-electron chi connectivity index (χ2n) is 7.04. The topological polar surface area (TPSA) is 50.8 Å². The maximum atomic E-state index is 13.0. The van der Waals surface area contributed by atoms with Crippen molar-refractivity contribution in [2.75, 3.05) is 26.7 Å². The molecule has 1 N–H and O–H groups in total. The van der Waals surface area contributed by atoms with Crippen molar-refractivity contribution in [1.82, 2.24) is 10.2 Å². The lowest BCUT2D eigenvalue weighted by molar-refractivity contribution is 0.0691. The lowest BCUT2D eigenvalue weighted by Crippen LogP contribution is -2.42. The molecule has 0 spiro atoms. The maximum Gasteiger partial charge on any atom is 0.254 e. The fourth-order valence-electron chi connectivity index (χ4n) is 3.85. The van der Waals surface area contributed by atoms with Gasteiger partial charge in [0.1, 0.15) is 0 Å². The summed E-state index contributed by atoms with van der Waals surface area (Å²) in [5.41, 5.74) is 0.677. The highest BCUT2D eigenvalue weighted by Crippen LogP contribution is 2.33. The molecule has 1 aromatic rings. The molecule has 1 aliphatic heterocycles. The van der Waals surface area contributed by atoms with E-state index in [1.54, 1.807) is 7.11 Å². The molecule has 138 valence electrons. The molecule has 25 heavy (non-hydrogen) atoms. The third-order valence-electron chi connectivity index (χ3n) is 5.21. The molecule has 3 rings (SSSR count). The van der Waals surface area contributed by atoms with E-state index >= 15 is 0 Å². The minimum Gasteiger partial charge on any atom is -0.493 e. The van der Waals surface area contributed by atoms with Gasteiger partial charge in [0.25, 0.3) is 5.91 Å². The Balaban J connectivity index is 1.76. The molecule has 0 bridgehead atoms. The number of hydrogen-bond acceptors (Lipinski definition) is 4. The number of carbonyl (C=O) groups excluding carboxylic acids is 1. The lowest BCUT2D eigenvalue weighted by atomic mass is 10.1. The van der Waals surface area contributed by atoms with Crippen molar-refractivity contribution in [2.45, 2.75) is 57.6 Å². The number of hydrogen-bond donors (Lipinski definition) is 1. The molecule has 5 heteroatoms. The smallest absolute Gasteiger partial charge is 0.254 e. The van der Waals surface area contributed by atoms with Gasteiger partial charge >= 0.3 is 0 Å². The molecule has 1 atom stereocenters. The molecular formula is C20H30N2O3. The van der Waals surface area contributed by atoms with Gasteiger partial charge in [-0.1, -0.05) is 6.92 Å². The predicted molar refractivity (Wildman–Crippen MR) is 98.5 cm³/mol. The number of benzene rings is 1. The van der Waals surface area contributed by atoms with Gasteiger partial charge in [-0.2, -0.15) is 0 Å². The molecule has 2 aliphatic rings. The van der Waals surface area contributed by atoms with Crippen LogP contribution in [0.25, 0.3) is 0 Å². The molecule has 2 fully saturated rings. The Labute approximate surface area is 150 Å². The summed E-state index contributed by atoms with van der Waals surface area (Å²) >= 11 is 0. The van der Waals surface area contributed by atoms with E-state index in [1.165, 1.54) is 12.8 Å². The summed E-state index contributed by atoms with van der Waals surface area (Å²) in [5, 5.41) is 3.35. The van der Waals surface area contributed by atoms with Crippen LogP contribution in [0.15, 0.2) is 18.2 Å². The van der Waals surface area contributed by atoms with Crippen LogP contribution in [-0.2, 0) is 0 Å². The minimum atomic E-state index is 0.0845. The number of nitrogens with one attached hydrogen (secondary N) is 1. The minimum absolute atomic E-state index is 0.0845. The fourth-order valence-corrected chi connectivity index (χ4v) is 3.85. The summed E-state index contributed by atoms with van der Waals surface area (Å²) in [6, 6.07) is 5.88. The average Bonchev–Trinajstić information content (AvgIpc) is 3.33. The monoisotopic (exact) mass is 346 g/mol. The molecule has 0 aromatic heterocycles. The van der Waals surface area contributed by atoms with Crippen molar-refractivity contribution >= 4 is 5.91 Å². The summed E-state index contributed by atoms with van der Waals surface area (Å²) < 4.78 is 11.6. The van der Waals surface area contributed by atoms with Crippen LogP contribution in [0.3, 0.4) is 0 Å². The van der Waals surface area contributed by atoms with Gasteiger partial charge in [0.05, 0.1) is 13.2 Å². The van der Waals surface area contributed by atoms with Gasteiger partial charge in [0.15, 0.2) is 11.5 Å². The number of ether oxygens (including phenoxy) is 2. The zero-order chi connectivity index (χ0) is 17.6. The number of nitrogens with zero attached hydrogens (tertiary/aromatic N) is 1. The van der Waals surface area contributed by atoms with Gasteiger partial charge < -0.3 is 19.7 Å². The van der Waals surface area contributed by atoms with Crippen LogP contribution >= 0.6 is 0 Å². The summed E-state index contributed by atoms with van der Waals surface area (Å²) in [5.74, 6) is 1.48. The summed E-state index contributed by atoms with van der Waals surface area (Å²) in [4.78, 5) is 15.1. The lowest BCUT2D eigenvalue weighted by Gasteiger charge is -2.28. The largest absolute Gasteiger partial charge is 0.493 e. The SMILES string of the molecule is CCCN(C(=O)c1ccc(OC2CCCC2)c(OC)c1)C1CCNC1. The van der Waals surface area contributed by atoms with Crippen LogP contribution in [0, 0.1) is 0 Å². The Morgan fingerprint density at radius 2 is 2.04 bits per heavy atom. The first-order chi connectivity index (χ1) is 12.2. The molecule has 0 radical (unpaired) electrons. The van der Waals surface area contributed by atoms with Crippen LogP contribution in [-0.4, -0.2) is 49.7 Å². The van der Waals surface area contributed by atoms with Crippen LogP contribution in [0.1, 0.15) is 55.8 Å². The van der Waals surface area contributed by atoms with Gasteiger partial charge in [0, 0.05) is 24.7 Å². The zero-order valence-corrected chi connectivity index (χ0v) is 15.4. The van der Waals surface area contributed by atoms with E-state index < -0.39 is 0 Å². The molecule has 1 unspecified atom stereocenters. The van der Waals surface area contributed by atoms with E-state index in [0.29, 0.717) is 11.3 Å². The Hall–Kier alpha value is -1.75. The highest BCUT2D eigenvalue weighted by Gasteiger charge is 2.27. The molecule has 1 aromatic carbocycles. The second kappa shape index (κ2) is 8.56. The van der Waals surface area contributed by atoms with E-state index in [2.05, 4.69) is 12.2 Å². The number of carbonyl (C=O) groups is 1. The first kappa shape index (κ1) is 18.1.